The van der Waals surface area contributed by atoms with Gasteiger partial charge in [-0.15, -0.1) is 11.8 Å². The minimum Gasteiger partial charge on any atom is -0.449 e. The van der Waals surface area contributed by atoms with E-state index in [9.17, 15) is 14.4 Å². The summed E-state index contributed by atoms with van der Waals surface area (Å²) < 4.78 is 5.23. The molecule has 2 amide bonds. The molecule has 28 heavy (non-hydrogen) atoms. The van der Waals surface area contributed by atoms with Crippen molar-refractivity contribution in [3.8, 4) is 6.07 Å². The SMILES string of the molecule is C[C@@H](OC(=O)c1ccccc1SCC(N)=O)C(=O)Nc1ccc(C#N)c(Cl)c1. The molecule has 0 aromatic heterocycles. The largest absolute Gasteiger partial charge is 0.449 e. The quantitative estimate of drug-likeness (QED) is 0.527. The number of nitrogens with zero attached hydrogens (tertiary/aromatic N) is 1. The number of anilines is 1. The van der Waals surface area contributed by atoms with Crippen molar-refractivity contribution in [2.24, 2.45) is 5.73 Å². The molecule has 9 heteroatoms. The fourth-order valence-corrected chi connectivity index (χ4v) is 3.12. The van der Waals surface area contributed by atoms with Crippen LogP contribution in [0.4, 0.5) is 5.69 Å². The molecule has 2 rings (SSSR count). The molecule has 0 spiro atoms. The topological polar surface area (TPSA) is 122 Å². The van der Waals surface area contributed by atoms with Crippen molar-refractivity contribution in [1.29, 1.82) is 5.26 Å². The van der Waals surface area contributed by atoms with Gasteiger partial charge in [0, 0.05) is 10.6 Å². The third-order valence-electron chi connectivity index (χ3n) is 3.49. The first-order valence-electron chi connectivity index (χ1n) is 8.03. The molecule has 0 aliphatic carbocycles. The highest BCUT2D eigenvalue weighted by Gasteiger charge is 2.21. The van der Waals surface area contributed by atoms with E-state index in [2.05, 4.69) is 5.32 Å². The Morgan fingerprint density at radius 3 is 2.64 bits per heavy atom. The Balaban J connectivity index is 2.04. The van der Waals surface area contributed by atoms with Gasteiger partial charge in [-0.2, -0.15) is 5.26 Å². The van der Waals surface area contributed by atoms with Gasteiger partial charge >= 0.3 is 5.97 Å². The van der Waals surface area contributed by atoms with Crippen molar-refractivity contribution in [2.45, 2.75) is 17.9 Å². The Bertz CT molecular complexity index is 958. The van der Waals surface area contributed by atoms with Gasteiger partial charge < -0.3 is 15.8 Å². The molecule has 0 heterocycles. The molecule has 7 nitrogen and oxygen atoms in total. The lowest BCUT2D eigenvalue weighted by atomic mass is 10.2. The number of halogens is 1. The summed E-state index contributed by atoms with van der Waals surface area (Å²) in [6, 6.07) is 12.9. The zero-order chi connectivity index (χ0) is 20.7. The van der Waals surface area contributed by atoms with Crippen LogP contribution in [0.25, 0.3) is 0 Å². The first kappa shape index (κ1) is 21.3. The molecular formula is C19H16ClN3O4S. The first-order valence-corrected chi connectivity index (χ1v) is 9.39. The first-order chi connectivity index (χ1) is 13.3. The number of nitriles is 1. The zero-order valence-corrected chi connectivity index (χ0v) is 16.3. The van der Waals surface area contributed by atoms with E-state index < -0.39 is 23.9 Å². The third-order valence-corrected chi connectivity index (χ3v) is 4.90. The molecule has 144 valence electrons. The molecule has 0 unspecified atom stereocenters. The Morgan fingerprint density at radius 2 is 2.00 bits per heavy atom. The van der Waals surface area contributed by atoms with Gasteiger partial charge in [0.15, 0.2) is 6.10 Å². The number of amides is 2. The number of nitrogens with two attached hydrogens (primary N) is 1. The van der Waals surface area contributed by atoms with Crippen LogP contribution in [0.2, 0.25) is 5.02 Å². The lowest BCUT2D eigenvalue weighted by Crippen LogP contribution is -2.30. The number of benzene rings is 2. The van der Waals surface area contributed by atoms with Crippen LogP contribution in [0.1, 0.15) is 22.8 Å². The van der Waals surface area contributed by atoms with Crippen molar-refractivity contribution in [3.05, 3.63) is 58.6 Å². The summed E-state index contributed by atoms with van der Waals surface area (Å²) in [5.74, 6) is -1.76. The van der Waals surface area contributed by atoms with Gasteiger partial charge in [0.25, 0.3) is 5.91 Å². The number of hydrogen-bond acceptors (Lipinski definition) is 6. The maximum Gasteiger partial charge on any atom is 0.340 e. The van der Waals surface area contributed by atoms with Crippen LogP contribution < -0.4 is 11.1 Å². The van der Waals surface area contributed by atoms with Gasteiger partial charge in [-0.25, -0.2) is 4.79 Å². The molecule has 2 aromatic rings. The molecule has 0 aliphatic rings. The Hall–Kier alpha value is -3.02. The Kier molecular flexibility index (Phi) is 7.44. The molecular weight excluding hydrogens is 402 g/mol. The van der Waals surface area contributed by atoms with E-state index >= 15 is 0 Å². The van der Waals surface area contributed by atoms with E-state index in [4.69, 9.17) is 27.3 Å². The average Bonchev–Trinajstić information content (AvgIpc) is 2.66. The maximum atomic E-state index is 12.4. The summed E-state index contributed by atoms with van der Waals surface area (Å²) in [6.45, 7) is 1.43. The molecule has 1 atom stereocenters. The van der Waals surface area contributed by atoms with Crippen LogP contribution in [0.5, 0.6) is 0 Å². The van der Waals surface area contributed by atoms with E-state index in [-0.39, 0.29) is 21.9 Å². The molecule has 0 radical (unpaired) electrons. The second-order valence-electron chi connectivity index (χ2n) is 5.59. The van der Waals surface area contributed by atoms with Crippen LogP contribution in [0, 0.1) is 11.3 Å². The number of hydrogen-bond donors (Lipinski definition) is 2. The van der Waals surface area contributed by atoms with Gasteiger partial charge in [-0.3, -0.25) is 9.59 Å². The van der Waals surface area contributed by atoms with Crippen LogP contribution in [-0.2, 0) is 14.3 Å². The third kappa shape index (κ3) is 5.74. The number of primary amides is 1. The van der Waals surface area contributed by atoms with E-state index in [1.165, 1.54) is 31.2 Å². The Morgan fingerprint density at radius 1 is 1.29 bits per heavy atom. The number of ether oxygens (including phenoxy) is 1. The Labute approximate surface area is 170 Å². The number of thioether (sulfide) groups is 1. The van der Waals surface area contributed by atoms with Gasteiger partial charge in [0.2, 0.25) is 5.91 Å². The number of rotatable bonds is 7. The highest BCUT2D eigenvalue weighted by Crippen LogP contribution is 2.24. The van der Waals surface area contributed by atoms with Gasteiger partial charge in [-0.05, 0) is 37.3 Å². The van der Waals surface area contributed by atoms with Gasteiger partial charge in [0.1, 0.15) is 6.07 Å². The second-order valence-corrected chi connectivity index (χ2v) is 7.02. The number of carbonyl (C=O) groups excluding carboxylic acids is 3. The van der Waals surface area contributed by atoms with Crippen LogP contribution in [-0.4, -0.2) is 29.6 Å². The van der Waals surface area contributed by atoms with Crippen molar-refractivity contribution >= 4 is 46.8 Å². The summed E-state index contributed by atoms with van der Waals surface area (Å²) in [5, 5.41) is 11.6. The number of esters is 1. The summed E-state index contributed by atoms with van der Waals surface area (Å²) in [5.41, 5.74) is 6.02. The molecule has 0 saturated heterocycles. The van der Waals surface area contributed by atoms with Gasteiger partial charge in [-0.1, -0.05) is 23.7 Å². The summed E-state index contributed by atoms with van der Waals surface area (Å²) in [4.78, 5) is 36.2. The van der Waals surface area contributed by atoms with E-state index in [1.807, 2.05) is 6.07 Å². The molecule has 2 aromatic carbocycles. The van der Waals surface area contributed by atoms with Crippen LogP contribution in [0.15, 0.2) is 47.4 Å². The van der Waals surface area contributed by atoms with Crippen molar-refractivity contribution in [2.75, 3.05) is 11.1 Å². The predicted octanol–water partition coefficient (Wildman–Crippen LogP) is 2.97. The predicted molar refractivity (Wildman–Crippen MR) is 106 cm³/mol. The molecule has 3 N–H and O–H groups in total. The van der Waals surface area contributed by atoms with Crippen molar-refractivity contribution < 1.29 is 19.1 Å². The lowest BCUT2D eigenvalue weighted by molar-refractivity contribution is -0.123. The molecule has 0 bridgehead atoms. The van der Waals surface area contributed by atoms with Crippen molar-refractivity contribution in [3.63, 3.8) is 0 Å². The number of carbonyl (C=O) groups is 3. The molecule has 0 aliphatic heterocycles. The lowest BCUT2D eigenvalue weighted by Gasteiger charge is -2.15. The van der Waals surface area contributed by atoms with Crippen LogP contribution >= 0.6 is 23.4 Å². The van der Waals surface area contributed by atoms with E-state index in [0.717, 1.165) is 11.8 Å². The fourth-order valence-electron chi connectivity index (χ4n) is 2.12. The summed E-state index contributed by atoms with van der Waals surface area (Å²) >= 11 is 7.04. The monoisotopic (exact) mass is 417 g/mol. The maximum absolute atomic E-state index is 12.4. The fraction of sp³-hybridized carbons (Fsp3) is 0.158. The van der Waals surface area contributed by atoms with Gasteiger partial charge in [0.05, 0.1) is 21.9 Å². The highest BCUT2D eigenvalue weighted by molar-refractivity contribution is 8.00. The number of nitrogens with one attached hydrogen (secondary N) is 1. The van der Waals surface area contributed by atoms with E-state index in [1.54, 1.807) is 18.2 Å². The minimum absolute atomic E-state index is 0.0137. The second kappa shape index (κ2) is 9.78. The standard InChI is InChI=1S/C19H16ClN3O4S/c1-11(18(25)23-13-7-6-12(9-21)15(20)8-13)27-19(26)14-4-2-3-5-16(14)28-10-17(22)24/h2-8,11H,10H2,1H3,(H2,22,24)(H,23,25)/t11-/m1/s1. The zero-order valence-electron chi connectivity index (χ0n) is 14.8. The molecule has 0 saturated carbocycles. The normalized spacial score (nSPS) is 11.2. The molecule has 0 fully saturated rings. The summed E-state index contributed by atoms with van der Waals surface area (Å²) in [7, 11) is 0. The van der Waals surface area contributed by atoms with Crippen LogP contribution in [0.3, 0.4) is 0 Å². The highest BCUT2D eigenvalue weighted by atomic mass is 35.5. The average molecular weight is 418 g/mol. The minimum atomic E-state index is -1.09. The van der Waals surface area contributed by atoms with Crippen molar-refractivity contribution in [1.82, 2.24) is 0 Å². The summed E-state index contributed by atoms with van der Waals surface area (Å²) in [6.07, 6.45) is -1.09. The van der Waals surface area contributed by atoms with E-state index in [0.29, 0.717) is 10.6 Å². The smallest absolute Gasteiger partial charge is 0.340 e.